The first-order chi connectivity index (χ1) is 14.5. The van der Waals surface area contributed by atoms with Crippen molar-refractivity contribution in [1.29, 1.82) is 0 Å². The highest BCUT2D eigenvalue weighted by atomic mass is 19.2. The highest BCUT2D eigenvalue weighted by molar-refractivity contribution is 5.83. The Balaban J connectivity index is 1.49. The van der Waals surface area contributed by atoms with E-state index in [4.69, 9.17) is 0 Å². The Labute approximate surface area is 175 Å². The second-order valence-electron chi connectivity index (χ2n) is 7.71. The Bertz CT molecular complexity index is 1080. The summed E-state index contributed by atoms with van der Waals surface area (Å²) in [6.07, 6.45) is 1.20. The smallest absolute Gasteiger partial charge is 0.161 e. The third-order valence-corrected chi connectivity index (χ3v) is 5.58. The molecule has 0 amide bonds. The predicted molar refractivity (Wildman–Crippen MR) is 117 cm³/mol. The fraction of sp³-hybridized carbons (Fsp3) is 0.185. The Morgan fingerprint density at radius 2 is 1.30 bits per heavy atom. The summed E-state index contributed by atoms with van der Waals surface area (Å²) < 4.78 is 43.7. The van der Waals surface area contributed by atoms with Crippen molar-refractivity contribution in [1.82, 2.24) is 0 Å². The van der Waals surface area contributed by atoms with Crippen LogP contribution in [-0.2, 0) is 12.8 Å². The number of rotatable bonds is 5. The molecule has 0 aliphatic heterocycles. The molecular weight excluding hydrogens is 381 g/mol. The molecule has 3 aromatic rings. The Hall–Kier alpha value is -3.07. The van der Waals surface area contributed by atoms with Gasteiger partial charge in [-0.25, -0.2) is 13.2 Å². The van der Waals surface area contributed by atoms with Crippen LogP contribution in [0.15, 0.2) is 84.9 Å². The van der Waals surface area contributed by atoms with Crippen LogP contribution >= 0.6 is 0 Å². The van der Waals surface area contributed by atoms with Gasteiger partial charge in [-0.1, -0.05) is 78.9 Å². The lowest BCUT2D eigenvalue weighted by Gasteiger charge is -2.24. The molecule has 0 fully saturated rings. The van der Waals surface area contributed by atoms with Crippen molar-refractivity contribution in [2.45, 2.75) is 32.1 Å². The van der Waals surface area contributed by atoms with Crippen LogP contribution in [0.4, 0.5) is 13.2 Å². The first kappa shape index (κ1) is 20.2. The number of alkyl halides is 2. The Morgan fingerprint density at radius 3 is 1.90 bits per heavy atom. The lowest BCUT2D eigenvalue weighted by atomic mass is 9.87. The van der Waals surface area contributed by atoms with Gasteiger partial charge in [-0.3, -0.25) is 0 Å². The van der Waals surface area contributed by atoms with Crippen molar-refractivity contribution in [3.05, 3.63) is 119 Å². The first-order valence-corrected chi connectivity index (χ1v) is 10.1. The molecule has 0 saturated carbocycles. The van der Waals surface area contributed by atoms with E-state index in [2.05, 4.69) is 0 Å². The van der Waals surface area contributed by atoms with Crippen molar-refractivity contribution < 1.29 is 13.2 Å². The number of halogens is 3. The summed E-state index contributed by atoms with van der Waals surface area (Å²) in [7, 11) is 0. The zero-order valence-electron chi connectivity index (χ0n) is 16.8. The molecule has 0 bridgehead atoms. The quantitative estimate of drug-likeness (QED) is 0.426. The van der Waals surface area contributed by atoms with E-state index in [1.165, 1.54) is 0 Å². The standard InChI is InChI=1S/C27H23F3/c1-18-7-11-22(25(28)17-18)14-10-19-8-12-21(13-9-19)24-16-15-23(26(29)27(24)30)20-5-3-2-4-6-20/h2-9,11-13,15-17,26-27H,10,14H2,1H3. The average Bonchev–Trinajstić information content (AvgIpc) is 2.76. The molecule has 0 heterocycles. The fourth-order valence-corrected chi connectivity index (χ4v) is 3.82. The summed E-state index contributed by atoms with van der Waals surface area (Å²) in [4.78, 5) is 0. The van der Waals surface area contributed by atoms with Gasteiger partial charge in [0.05, 0.1) is 0 Å². The first-order valence-electron chi connectivity index (χ1n) is 10.1. The third kappa shape index (κ3) is 4.25. The van der Waals surface area contributed by atoms with Crippen molar-refractivity contribution in [3.63, 3.8) is 0 Å². The molecule has 0 nitrogen and oxygen atoms in total. The minimum absolute atomic E-state index is 0.186. The van der Waals surface area contributed by atoms with Crippen molar-refractivity contribution in [2.75, 3.05) is 0 Å². The third-order valence-electron chi connectivity index (χ3n) is 5.58. The SMILES string of the molecule is Cc1ccc(CCc2ccc(C3=CC=C(c4ccccc4)C(F)C3F)cc2)c(F)c1. The number of aryl methyl sites for hydroxylation is 3. The summed E-state index contributed by atoms with van der Waals surface area (Å²) >= 11 is 0. The summed E-state index contributed by atoms with van der Waals surface area (Å²) in [5.41, 5.74) is 4.69. The second kappa shape index (κ2) is 8.74. The molecule has 0 saturated heterocycles. The Morgan fingerprint density at radius 1 is 0.700 bits per heavy atom. The lowest BCUT2D eigenvalue weighted by Crippen LogP contribution is -2.23. The van der Waals surface area contributed by atoms with E-state index in [0.717, 1.165) is 11.1 Å². The summed E-state index contributed by atoms with van der Waals surface area (Å²) in [5.74, 6) is -0.186. The highest BCUT2D eigenvalue weighted by Crippen LogP contribution is 2.36. The zero-order valence-corrected chi connectivity index (χ0v) is 16.8. The van der Waals surface area contributed by atoms with Crippen molar-refractivity contribution >= 4 is 11.1 Å². The maximum Gasteiger partial charge on any atom is 0.161 e. The van der Waals surface area contributed by atoms with E-state index in [1.54, 1.807) is 30.4 Å². The average molecular weight is 404 g/mol. The van der Waals surface area contributed by atoms with Crippen LogP contribution < -0.4 is 0 Å². The van der Waals surface area contributed by atoms with Crippen molar-refractivity contribution in [2.24, 2.45) is 0 Å². The van der Waals surface area contributed by atoms with E-state index in [1.807, 2.05) is 61.5 Å². The van der Waals surface area contributed by atoms with Crippen molar-refractivity contribution in [3.8, 4) is 0 Å². The molecule has 3 aromatic carbocycles. The summed E-state index contributed by atoms with van der Waals surface area (Å²) in [6, 6.07) is 21.8. The number of hydrogen-bond acceptors (Lipinski definition) is 0. The molecule has 30 heavy (non-hydrogen) atoms. The summed E-state index contributed by atoms with van der Waals surface area (Å²) in [5, 5.41) is 0. The van der Waals surface area contributed by atoms with Crippen LogP contribution in [0.1, 0.15) is 27.8 Å². The molecule has 2 atom stereocenters. The van der Waals surface area contributed by atoms with Crippen LogP contribution in [-0.4, -0.2) is 12.3 Å². The van der Waals surface area contributed by atoms with Gasteiger partial charge in [-0.2, -0.15) is 0 Å². The second-order valence-corrected chi connectivity index (χ2v) is 7.71. The minimum atomic E-state index is -1.71. The molecular formula is C27H23F3. The molecule has 4 rings (SSSR count). The molecule has 152 valence electrons. The highest BCUT2D eigenvalue weighted by Gasteiger charge is 2.31. The van der Waals surface area contributed by atoms with Gasteiger partial charge in [0.25, 0.3) is 0 Å². The van der Waals surface area contributed by atoms with E-state index in [9.17, 15) is 13.2 Å². The normalized spacial score (nSPS) is 18.7. The van der Waals surface area contributed by atoms with E-state index in [-0.39, 0.29) is 5.82 Å². The van der Waals surface area contributed by atoms with E-state index in [0.29, 0.717) is 40.7 Å². The molecule has 1 aliphatic rings. The minimum Gasteiger partial charge on any atom is -0.239 e. The molecule has 0 N–H and O–H groups in total. The van der Waals surface area contributed by atoms with Crippen LogP contribution in [0.25, 0.3) is 11.1 Å². The number of allylic oxidation sites excluding steroid dienone is 4. The molecule has 2 unspecified atom stereocenters. The van der Waals surface area contributed by atoms with E-state index < -0.39 is 12.3 Å². The van der Waals surface area contributed by atoms with Gasteiger partial charge >= 0.3 is 0 Å². The van der Waals surface area contributed by atoms with Crippen LogP contribution in [0.2, 0.25) is 0 Å². The van der Waals surface area contributed by atoms with Gasteiger partial charge in [0.2, 0.25) is 0 Å². The zero-order chi connectivity index (χ0) is 21.1. The van der Waals surface area contributed by atoms with Gasteiger partial charge in [-0.15, -0.1) is 0 Å². The molecule has 0 spiro atoms. The maximum atomic E-state index is 14.9. The number of hydrogen-bond donors (Lipinski definition) is 0. The fourth-order valence-electron chi connectivity index (χ4n) is 3.82. The molecule has 0 radical (unpaired) electrons. The van der Waals surface area contributed by atoms with E-state index >= 15 is 0 Å². The predicted octanol–water partition coefficient (Wildman–Crippen LogP) is 7.08. The molecule has 0 aromatic heterocycles. The number of benzene rings is 3. The largest absolute Gasteiger partial charge is 0.239 e. The van der Waals surface area contributed by atoms with Crippen LogP contribution in [0.5, 0.6) is 0 Å². The van der Waals surface area contributed by atoms with Gasteiger partial charge < -0.3 is 0 Å². The monoisotopic (exact) mass is 404 g/mol. The Kier molecular flexibility index (Phi) is 5.89. The topological polar surface area (TPSA) is 0 Å². The van der Waals surface area contributed by atoms with Crippen LogP contribution in [0.3, 0.4) is 0 Å². The van der Waals surface area contributed by atoms with Gasteiger partial charge in [0, 0.05) is 0 Å². The van der Waals surface area contributed by atoms with Gasteiger partial charge in [0.15, 0.2) is 12.3 Å². The lowest BCUT2D eigenvalue weighted by molar-refractivity contribution is 0.262. The van der Waals surface area contributed by atoms with Gasteiger partial charge in [-0.05, 0) is 64.8 Å². The molecule has 1 aliphatic carbocycles. The molecule has 3 heteroatoms. The maximum absolute atomic E-state index is 14.9. The van der Waals surface area contributed by atoms with Gasteiger partial charge in [0.1, 0.15) is 5.82 Å². The van der Waals surface area contributed by atoms with Crippen LogP contribution in [0, 0.1) is 12.7 Å². The summed E-state index contributed by atoms with van der Waals surface area (Å²) in [6.45, 7) is 1.86.